The Hall–Kier alpha value is -1.67. The topological polar surface area (TPSA) is 92.5 Å². The molecule has 21 heavy (non-hydrogen) atoms. The van der Waals surface area contributed by atoms with Crippen molar-refractivity contribution in [3.8, 4) is 0 Å². The third-order valence-corrected chi connectivity index (χ3v) is 5.66. The Morgan fingerprint density at radius 1 is 1.48 bits per heavy atom. The molecule has 6 nitrogen and oxygen atoms in total. The standard InChI is InChI=1S/C13H18FN3O3S/c1-13(12(18)16-2)5-6-17(8-13)21(19,20)9-3-4-11(15)10(14)7-9/h3-4,7H,5-6,8,15H2,1-2H3,(H,16,18). The van der Waals surface area contributed by atoms with Crippen molar-refractivity contribution in [2.45, 2.75) is 18.2 Å². The maximum atomic E-state index is 13.5. The molecule has 1 aromatic rings. The summed E-state index contributed by atoms with van der Waals surface area (Å²) in [5.41, 5.74) is 4.47. The largest absolute Gasteiger partial charge is 0.396 e. The Kier molecular flexibility index (Phi) is 3.94. The van der Waals surface area contributed by atoms with Crippen LogP contribution in [0.15, 0.2) is 23.1 Å². The van der Waals surface area contributed by atoms with Crippen LogP contribution in [0.5, 0.6) is 0 Å². The number of nitrogens with zero attached hydrogens (tertiary/aromatic N) is 1. The van der Waals surface area contributed by atoms with Crippen molar-refractivity contribution in [3.05, 3.63) is 24.0 Å². The van der Waals surface area contributed by atoms with Gasteiger partial charge in [-0.05, 0) is 31.5 Å². The Morgan fingerprint density at radius 3 is 2.71 bits per heavy atom. The SMILES string of the molecule is CNC(=O)C1(C)CCN(S(=O)(=O)c2ccc(N)c(F)c2)C1. The van der Waals surface area contributed by atoms with E-state index in [1.54, 1.807) is 6.92 Å². The van der Waals surface area contributed by atoms with Crippen molar-refractivity contribution >= 4 is 21.6 Å². The van der Waals surface area contributed by atoms with Crippen LogP contribution in [-0.2, 0) is 14.8 Å². The van der Waals surface area contributed by atoms with Gasteiger partial charge >= 0.3 is 0 Å². The fraction of sp³-hybridized carbons (Fsp3) is 0.462. The third kappa shape index (κ3) is 2.73. The number of amides is 1. The average Bonchev–Trinajstić information content (AvgIpc) is 2.85. The number of sulfonamides is 1. The van der Waals surface area contributed by atoms with Gasteiger partial charge in [0.2, 0.25) is 15.9 Å². The second-order valence-corrected chi connectivity index (χ2v) is 7.35. The molecular weight excluding hydrogens is 297 g/mol. The zero-order chi connectivity index (χ0) is 15.8. The Balaban J connectivity index is 2.30. The van der Waals surface area contributed by atoms with Crippen LogP contribution in [0.1, 0.15) is 13.3 Å². The van der Waals surface area contributed by atoms with Gasteiger partial charge in [-0.25, -0.2) is 12.8 Å². The van der Waals surface area contributed by atoms with Crippen molar-refractivity contribution in [1.82, 2.24) is 9.62 Å². The lowest BCUT2D eigenvalue weighted by molar-refractivity contribution is -0.128. The molecule has 3 N–H and O–H groups in total. The van der Waals surface area contributed by atoms with Gasteiger partial charge in [-0.2, -0.15) is 4.31 Å². The van der Waals surface area contributed by atoms with Gasteiger partial charge in [-0.3, -0.25) is 4.79 Å². The van der Waals surface area contributed by atoms with E-state index in [0.29, 0.717) is 6.42 Å². The summed E-state index contributed by atoms with van der Waals surface area (Å²) in [6.07, 6.45) is 0.420. The Labute approximate surface area is 123 Å². The molecule has 8 heteroatoms. The van der Waals surface area contributed by atoms with E-state index in [4.69, 9.17) is 5.73 Å². The summed E-state index contributed by atoms with van der Waals surface area (Å²) in [5, 5.41) is 2.54. The number of rotatable bonds is 3. The maximum Gasteiger partial charge on any atom is 0.243 e. The van der Waals surface area contributed by atoms with Crippen LogP contribution >= 0.6 is 0 Å². The molecule has 0 bridgehead atoms. The molecule has 1 aliphatic rings. The van der Waals surface area contributed by atoms with Gasteiger partial charge in [-0.1, -0.05) is 0 Å². The summed E-state index contributed by atoms with van der Waals surface area (Å²) < 4.78 is 39.6. The van der Waals surface area contributed by atoms with Crippen molar-refractivity contribution in [3.63, 3.8) is 0 Å². The number of nitrogen functional groups attached to an aromatic ring is 1. The van der Waals surface area contributed by atoms with E-state index < -0.39 is 21.3 Å². The van der Waals surface area contributed by atoms with Gasteiger partial charge in [0.25, 0.3) is 0 Å². The molecule has 1 amide bonds. The van der Waals surface area contributed by atoms with Gasteiger partial charge in [0, 0.05) is 20.1 Å². The zero-order valence-corrected chi connectivity index (χ0v) is 12.7. The molecule has 1 aromatic carbocycles. The van der Waals surface area contributed by atoms with Crippen molar-refractivity contribution in [1.29, 1.82) is 0 Å². The summed E-state index contributed by atoms with van der Waals surface area (Å²) >= 11 is 0. The number of hydrogen-bond donors (Lipinski definition) is 2. The quantitative estimate of drug-likeness (QED) is 0.797. The number of carbonyl (C=O) groups is 1. The molecule has 1 atom stereocenters. The first-order chi connectivity index (χ1) is 9.70. The minimum Gasteiger partial charge on any atom is -0.396 e. The van der Waals surface area contributed by atoms with Crippen LogP contribution in [0.4, 0.5) is 10.1 Å². The molecule has 0 saturated carbocycles. The normalized spacial score (nSPS) is 23.2. The first-order valence-electron chi connectivity index (χ1n) is 6.48. The van der Waals surface area contributed by atoms with Crippen LogP contribution in [0.25, 0.3) is 0 Å². The molecule has 1 unspecified atom stereocenters. The molecular formula is C13H18FN3O3S. The second kappa shape index (κ2) is 5.27. The molecule has 2 rings (SSSR count). The van der Waals surface area contributed by atoms with E-state index in [1.807, 2.05) is 0 Å². The maximum absolute atomic E-state index is 13.5. The summed E-state index contributed by atoms with van der Waals surface area (Å²) in [4.78, 5) is 11.7. The Bertz CT molecular complexity index is 677. The predicted molar refractivity (Wildman–Crippen MR) is 76.4 cm³/mol. The molecule has 1 saturated heterocycles. The van der Waals surface area contributed by atoms with E-state index in [9.17, 15) is 17.6 Å². The number of nitrogens with one attached hydrogen (secondary N) is 1. The lowest BCUT2D eigenvalue weighted by Crippen LogP contribution is -2.40. The van der Waals surface area contributed by atoms with Gasteiger partial charge in [0.05, 0.1) is 16.0 Å². The fourth-order valence-corrected chi connectivity index (χ4v) is 4.01. The highest BCUT2D eigenvalue weighted by atomic mass is 32.2. The molecule has 116 valence electrons. The highest BCUT2D eigenvalue weighted by molar-refractivity contribution is 7.89. The lowest BCUT2D eigenvalue weighted by atomic mass is 9.89. The molecule has 1 aliphatic heterocycles. The van der Waals surface area contributed by atoms with Gasteiger partial charge in [0.15, 0.2) is 0 Å². The summed E-state index contributed by atoms with van der Waals surface area (Å²) in [5.74, 6) is -0.979. The highest BCUT2D eigenvalue weighted by Gasteiger charge is 2.44. The Morgan fingerprint density at radius 2 is 2.14 bits per heavy atom. The smallest absolute Gasteiger partial charge is 0.243 e. The summed E-state index contributed by atoms with van der Waals surface area (Å²) in [6.45, 7) is 2.00. The average molecular weight is 315 g/mol. The first-order valence-corrected chi connectivity index (χ1v) is 7.92. The van der Waals surface area contributed by atoms with Gasteiger partial charge in [-0.15, -0.1) is 0 Å². The highest BCUT2D eigenvalue weighted by Crippen LogP contribution is 2.34. The number of halogens is 1. The van der Waals surface area contributed by atoms with Crippen LogP contribution in [0, 0.1) is 11.2 Å². The minimum atomic E-state index is -3.83. The first kappa shape index (κ1) is 15.7. The van der Waals surface area contributed by atoms with Gasteiger partial charge < -0.3 is 11.1 Å². The van der Waals surface area contributed by atoms with E-state index in [1.165, 1.54) is 23.5 Å². The fourth-order valence-electron chi connectivity index (χ4n) is 2.43. The number of hydrogen-bond acceptors (Lipinski definition) is 4. The summed E-state index contributed by atoms with van der Waals surface area (Å²) in [6, 6.07) is 3.39. The summed E-state index contributed by atoms with van der Waals surface area (Å²) in [7, 11) is -2.32. The molecule has 0 radical (unpaired) electrons. The van der Waals surface area contributed by atoms with Crippen LogP contribution < -0.4 is 11.1 Å². The molecule has 0 aliphatic carbocycles. The predicted octanol–water partition coefficient (Wildman–Crippen LogP) is 0.555. The van der Waals surface area contributed by atoms with Crippen molar-refractivity contribution in [2.75, 3.05) is 25.9 Å². The van der Waals surface area contributed by atoms with E-state index in [2.05, 4.69) is 5.32 Å². The molecule has 1 fully saturated rings. The number of benzene rings is 1. The van der Waals surface area contributed by atoms with E-state index >= 15 is 0 Å². The van der Waals surface area contributed by atoms with Crippen LogP contribution in [-0.4, -0.2) is 38.8 Å². The number of nitrogens with two attached hydrogens (primary N) is 1. The van der Waals surface area contributed by atoms with Crippen molar-refractivity contribution in [2.24, 2.45) is 5.41 Å². The number of carbonyl (C=O) groups excluding carboxylic acids is 1. The van der Waals surface area contributed by atoms with Gasteiger partial charge in [0.1, 0.15) is 5.82 Å². The molecule has 0 spiro atoms. The monoisotopic (exact) mass is 315 g/mol. The van der Waals surface area contributed by atoms with Crippen LogP contribution in [0.3, 0.4) is 0 Å². The lowest BCUT2D eigenvalue weighted by Gasteiger charge is -2.22. The minimum absolute atomic E-state index is 0.0704. The second-order valence-electron chi connectivity index (χ2n) is 5.41. The van der Waals surface area contributed by atoms with E-state index in [-0.39, 0.29) is 29.6 Å². The van der Waals surface area contributed by atoms with Crippen molar-refractivity contribution < 1.29 is 17.6 Å². The van der Waals surface area contributed by atoms with Crippen LogP contribution in [0.2, 0.25) is 0 Å². The number of anilines is 1. The van der Waals surface area contributed by atoms with E-state index in [0.717, 1.165) is 6.07 Å². The zero-order valence-electron chi connectivity index (χ0n) is 11.9. The molecule has 1 heterocycles. The third-order valence-electron chi connectivity index (χ3n) is 3.82. The molecule has 0 aromatic heterocycles.